The summed E-state index contributed by atoms with van der Waals surface area (Å²) in [5.41, 5.74) is 14.4. The Bertz CT molecular complexity index is 2340. The number of para-hydroxylation sites is 1. The Balaban J connectivity index is 0.853. The smallest absolute Gasteiger partial charge is 0.246 e. The van der Waals surface area contributed by atoms with Gasteiger partial charge in [-0.3, -0.25) is 19.3 Å². The van der Waals surface area contributed by atoms with Crippen LogP contribution in [-0.2, 0) is 27.5 Å². The van der Waals surface area contributed by atoms with E-state index in [0.29, 0.717) is 23.5 Å². The van der Waals surface area contributed by atoms with E-state index in [4.69, 9.17) is 5.73 Å². The largest absolute Gasteiger partial charge is 0.507 e. The van der Waals surface area contributed by atoms with Crippen molar-refractivity contribution in [2.75, 3.05) is 45.0 Å². The van der Waals surface area contributed by atoms with Gasteiger partial charge in [-0.05, 0) is 65.8 Å². The van der Waals surface area contributed by atoms with E-state index >= 15 is 0 Å². The number of nitrogens with two attached hydrogens (primary N) is 1. The molecule has 14 nitrogen and oxygen atoms in total. The first-order valence-corrected chi connectivity index (χ1v) is 22.1. The third kappa shape index (κ3) is 10.8. The first kappa shape index (κ1) is 44.3. The lowest BCUT2D eigenvalue weighted by Gasteiger charge is -2.36. The number of phenols is 1. The Morgan fingerprint density at radius 1 is 0.903 bits per heavy atom. The van der Waals surface area contributed by atoms with Gasteiger partial charge in [-0.2, -0.15) is 0 Å². The van der Waals surface area contributed by atoms with Gasteiger partial charge in [0.2, 0.25) is 17.7 Å². The monoisotopic (exact) mass is 859 g/mol. The fourth-order valence-corrected chi connectivity index (χ4v) is 8.96. The number of carbonyl (C=O) groups is 3. The zero-order chi connectivity index (χ0) is 44.0. The van der Waals surface area contributed by atoms with Crippen molar-refractivity contribution in [1.82, 2.24) is 40.5 Å². The molecule has 6 N–H and O–H groups in total. The number of aromatic nitrogens is 3. The number of aryl methyl sites for hydroxylation is 1. The summed E-state index contributed by atoms with van der Waals surface area (Å²) >= 11 is 1.58. The van der Waals surface area contributed by atoms with Crippen molar-refractivity contribution < 1.29 is 24.6 Å². The maximum absolute atomic E-state index is 14.1. The summed E-state index contributed by atoms with van der Waals surface area (Å²) in [4.78, 5) is 52.5. The number of hydrogen-bond acceptors (Lipinski definition) is 12. The van der Waals surface area contributed by atoms with E-state index < -0.39 is 23.6 Å². The first-order chi connectivity index (χ1) is 29.7. The van der Waals surface area contributed by atoms with Gasteiger partial charge in [0.25, 0.3) is 0 Å². The minimum atomic E-state index is -0.865. The number of phenolic OH excluding ortho intramolecular Hbond substituents is 1. The van der Waals surface area contributed by atoms with Gasteiger partial charge in [-0.15, -0.1) is 21.5 Å². The summed E-state index contributed by atoms with van der Waals surface area (Å²) in [6, 6.07) is 23.4. The van der Waals surface area contributed by atoms with Gasteiger partial charge < -0.3 is 36.4 Å². The lowest BCUT2D eigenvalue weighted by molar-refractivity contribution is -0.144. The number of aliphatic hydroxyl groups excluding tert-OH is 1. The van der Waals surface area contributed by atoms with Gasteiger partial charge >= 0.3 is 0 Å². The van der Waals surface area contributed by atoms with E-state index in [2.05, 4.69) is 47.7 Å². The Hall–Kier alpha value is -5.74. The summed E-state index contributed by atoms with van der Waals surface area (Å²) in [5.74, 6) is -0.457. The Kier molecular flexibility index (Phi) is 14.0. The minimum Gasteiger partial charge on any atom is -0.507 e. The minimum absolute atomic E-state index is 0.0285. The number of nitrogens with one attached hydrogen (secondary N) is 2. The normalized spacial score (nSPS) is 17.8. The van der Waals surface area contributed by atoms with Crippen molar-refractivity contribution in [1.29, 1.82) is 0 Å². The van der Waals surface area contributed by atoms with Gasteiger partial charge in [-0.25, -0.2) is 4.98 Å². The van der Waals surface area contributed by atoms with Crippen molar-refractivity contribution in [3.63, 3.8) is 0 Å². The van der Waals surface area contributed by atoms with Gasteiger partial charge in [0.1, 0.15) is 17.8 Å². The van der Waals surface area contributed by atoms with E-state index in [-0.39, 0.29) is 49.4 Å². The van der Waals surface area contributed by atoms with Gasteiger partial charge in [-0.1, -0.05) is 81.4 Å². The summed E-state index contributed by atoms with van der Waals surface area (Å²) in [7, 11) is 0. The van der Waals surface area contributed by atoms with Crippen LogP contribution in [0.2, 0.25) is 0 Å². The summed E-state index contributed by atoms with van der Waals surface area (Å²) < 4.78 is 0. The molecule has 2 saturated heterocycles. The predicted octanol–water partition coefficient (Wildman–Crippen LogP) is 5.24. The van der Waals surface area contributed by atoms with Crippen LogP contribution in [-0.4, -0.2) is 115 Å². The molecule has 2 aromatic heterocycles. The van der Waals surface area contributed by atoms with Gasteiger partial charge in [0.05, 0.1) is 27.9 Å². The van der Waals surface area contributed by atoms with Gasteiger partial charge in [0.15, 0.2) is 5.82 Å². The molecule has 15 heteroatoms. The average Bonchev–Trinajstić information content (AvgIpc) is 3.88. The average molecular weight is 860 g/mol. The molecule has 326 valence electrons. The summed E-state index contributed by atoms with van der Waals surface area (Å²) in [6.45, 7) is 13.1. The first-order valence-electron chi connectivity index (χ1n) is 21.2. The number of amides is 3. The molecule has 2 fully saturated rings. The zero-order valence-electron chi connectivity index (χ0n) is 35.9. The van der Waals surface area contributed by atoms with Crippen LogP contribution in [0.3, 0.4) is 0 Å². The molecule has 0 spiro atoms. The van der Waals surface area contributed by atoms with Crippen LogP contribution in [0.5, 0.6) is 5.75 Å². The molecule has 62 heavy (non-hydrogen) atoms. The number of carbonyl (C=O) groups excluding carboxylic acids is 3. The fraction of sp³-hybridized carbons (Fsp3) is 0.404. The number of hydrogen-bond donors (Lipinski definition) is 5. The van der Waals surface area contributed by atoms with Crippen LogP contribution >= 0.6 is 11.3 Å². The highest BCUT2D eigenvalue weighted by molar-refractivity contribution is 7.13. The zero-order valence-corrected chi connectivity index (χ0v) is 36.7. The second kappa shape index (κ2) is 19.5. The van der Waals surface area contributed by atoms with E-state index in [9.17, 15) is 24.6 Å². The molecule has 0 bridgehead atoms. The molecule has 7 rings (SSSR count). The number of nitrogens with zero attached hydrogens (tertiary/aromatic N) is 6. The predicted molar refractivity (Wildman–Crippen MR) is 242 cm³/mol. The molecule has 0 radical (unpaired) electrons. The van der Waals surface area contributed by atoms with Crippen LogP contribution in [0.25, 0.3) is 32.8 Å². The topological polar surface area (TPSA) is 190 Å². The fourth-order valence-electron chi connectivity index (χ4n) is 8.15. The number of β-amino-alcohol motifs (C(OH)–C–C–N with tert-alkyl or cyclic N) is 1. The number of benzene rings is 3. The number of nitrogen functional groups attached to an aromatic ring is 1. The SMILES string of the molecule is Cc1ncsc1-c1ccc(CNC(=O)[C@@H]2C[C@@H](O)CN2C(=O)[C@@H](NC(=O)CCCN2CCN(Cc3ccc(-c4cc(-c5ccccc5O)nnc4N)cc3)CC2)C(C)(C)C)cc1. The van der Waals surface area contributed by atoms with Crippen molar-refractivity contribution in [2.45, 2.75) is 78.2 Å². The van der Waals surface area contributed by atoms with E-state index in [0.717, 1.165) is 72.1 Å². The van der Waals surface area contributed by atoms with Crippen LogP contribution < -0.4 is 16.4 Å². The molecule has 2 aliphatic heterocycles. The van der Waals surface area contributed by atoms with Crippen molar-refractivity contribution >= 4 is 34.9 Å². The number of anilines is 1. The summed E-state index contributed by atoms with van der Waals surface area (Å²) in [5, 5.41) is 35.2. The molecular weight excluding hydrogens is 803 g/mol. The summed E-state index contributed by atoms with van der Waals surface area (Å²) in [6.07, 6.45) is 0.214. The number of rotatable bonds is 14. The lowest BCUT2D eigenvalue weighted by atomic mass is 9.85. The molecule has 0 saturated carbocycles. The molecule has 0 aliphatic carbocycles. The maximum atomic E-state index is 14.1. The number of likely N-dealkylation sites (tertiary alicyclic amines) is 1. The highest BCUT2D eigenvalue weighted by Gasteiger charge is 2.44. The van der Waals surface area contributed by atoms with E-state index in [1.807, 2.05) is 81.7 Å². The molecular formula is C47H57N9O5S. The second-order valence-corrected chi connectivity index (χ2v) is 18.3. The third-order valence-electron chi connectivity index (χ3n) is 11.7. The maximum Gasteiger partial charge on any atom is 0.246 e. The number of aromatic hydroxyl groups is 1. The molecule has 5 aromatic rings. The molecule has 2 aliphatic rings. The van der Waals surface area contributed by atoms with Crippen molar-refractivity contribution in [2.24, 2.45) is 5.41 Å². The molecule has 3 atom stereocenters. The van der Waals surface area contributed by atoms with Crippen LogP contribution in [0, 0.1) is 12.3 Å². The number of aliphatic hydroxyl groups is 1. The molecule has 0 unspecified atom stereocenters. The quantitative estimate of drug-likeness (QED) is 0.0983. The molecule has 4 heterocycles. The van der Waals surface area contributed by atoms with Crippen LogP contribution in [0.1, 0.15) is 56.9 Å². The second-order valence-electron chi connectivity index (χ2n) is 17.4. The Morgan fingerprint density at radius 3 is 2.26 bits per heavy atom. The van der Waals surface area contributed by atoms with Crippen LogP contribution in [0.4, 0.5) is 5.82 Å². The van der Waals surface area contributed by atoms with Crippen molar-refractivity contribution in [3.05, 3.63) is 101 Å². The third-order valence-corrected chi connectivity index (χ3v) is 12.7. The van der Waals surface area contributed by atoms with Crippen molar-refractivity contribution in [3.8, 4) is 38.6 Å². The van der Waals surface area contributed by atoms with E-state index in [1.54, 1.807) is 29.5 Å². The lowest BCUT2D eigenvalue weighted by Crippen LogP contribution is -2.57. The number of piperazine rings is 1. The Morgan fingerprint density at radius 2 is 1.58 bits per heavy atom. The van der Waals surface area contributed by atoms with Gasteiger partial charge in [0, 0.05) is 69.8 Å². The highest BCUT2D eigenvalue weighted by atomic mass is 32.1. The molecule has 3 aromatic carbocycles. The van der Waals surface area contributed by atoms with Crippen LogP contribution in [0.15, 0.2) is 84.4 Å². The van der Waals surface area contributed by atoms with E-state index in [1.165, 1.54) is 10.5 Å². The standard InChI is InChI=1S/C47H57N9O5S/c1-30-42(62-29-50-30)34-17-11-31(12-18-34)26-49-45(60)39-24-35(57)28-56(39)46(61)43(47(2,3)4)51-41(59)10-7-19-54-20-22-55(23-21-54)27-32-13-15-33(16-14-32)37-25-38(52-53-44(37)48)36-8-5-6-9-40(36)58/h5-6,8-9,11-18,25,29,35,39,43,57-58H,7,10,19-24,26-28H2,1-4H3,(H2,48,53)(H,49,60)(H,51,59)/t35-,39+,43-/m1/s1. The Labute approximate surface area is 367 Å². The highest BCUT2D eigenvalue weighted by Crippen LogP contribution is 2.33. The molecule has 3 amide bonds. The number of thiazole rings is 1.